The maximum Gasteiger partial charge on any atom is 0.133 e. The maximum atomic E-state index is 11.7. The average Bonchev–Trinajstić information content (AvgIpc) is 2.92. The highest BCUT2D eigenvalue weighted by atomic mass is 16.3. The molecule has 2 heterocycles. The number of hydrogen-bond donors (Lipinski definition) is 1. The third-order valence-corrected chi connectivity index (χ3v) is 5.10. The molecule has 0 radical (unpaired) electrons. The van der Waals surface area contributed by atoms with Crippen molar-refractivity contribution in [1.82, 2.24) is 4.90 Å². The molecule has 1 N–H and O–H groups in total. The Hall–Kier alpha value is -1.84. The SMILES string of the molecule is CN1C[C@H](c2ccccc2)[C@@]2(O)c3ccccc3N(C)[C@@H]12. The minimum atomic E-state index is -0.846. The molecule has 2 aliphatic rings. The van der Waals surface area contributed by atoms with E-state index in [9.17, 15) is 5.11 Å². The lowest BCUT2D eigenvalue weighted by molar-refractivity contribution is 0.00336. The quantitative estimate of drug-likeness (QED) is 0.869. The molecule has 0 aromatic heterocycles. The predicted molar refractivity (Wildman–Crippen MR) is 84.3 cm³/mol. The van der Waals surface area contributed by atoms with Crippen LogP contribution in [0.25, 0.3) is 0 Å². The molecule has 0 aliphatic carbocycles. The van der Waals surface area contributed by atoms with Gasteiger partial charge in [0.25, 0.3) is 0 Å². The Kier molecular flexibility index (Phi) is 2.65. The van der Waals surface area contributed by atoms with E-state index in [1.165, 1.54) is 5.56 Å². The van der Waals surface area contributed by atoms with Gasteiger partial charge in [-0.2, -0.15) is 0 Å². The zero-order valence-electron chi connectivity index (χ0n) is 12.4. The third kappa shape index (κ3) is 1.56. The van der Waals surface area contributed by atoms with E-state index in [2.05, 4.69) is 60.3 Å². The molecule has 2 aliphatic heterocycles. The molecular formula is C18H20N2O. The van der Waals surface area contributed by atoms with Gasteiger partial charge in [-0.25, -0.2) is 0 Å². The van der Waals surface area contributed by atoms with Crippen molar-refractivity contribution in [2.45, 2.75) is 17.7 Å². The Balaban J connectivity index is 1.91. The summed E-state index contributed by atoms with van der Waals surface area (Å²) < 4.78 is 0. The third-order valence-electron chi connectivity index (χ3n) is 5.10. The van der Waals surface area contributed by atoms with E-state index in [-0.39, 0.29) is 12.1 Å². The van der Waals surface area contributed by atoms with Crippen molar-refractivity contribution in [3.05, 3.63) is 65.7 Å². The van der Waals surface area contributed by atoms with Crippen LogP contribution < -0.4 is 4.90 Å². The molecule has 1 fully saturated rings. The minimum absolute atomic E-state index is 0.0000983. The Morgan fingerprint density at radius 2 is 1.67 bits per heavy atom. The number of para-hydroxylation sites is 1. The molecule has 2 aromatic carbocycles. The molecule has 0 bridgehead atoms. The molecule has 0 saturated carbocycles. The second kappa shape index (κ2) is 4.33. The molecule has 0 spiro atoms. The van der Waals surface area contributed by atoms with Gasteiger partial charge in [0.15, 0.2) is 0 Å². The zero-order chi connectivity index (χ0) is 14.6. The molecule has 3 heteroatoms. The summed E-state index contributed by atoms with van der Waals surface area (Å²) in [6, 6.07) is 18.6. The molecule has 1 saturated heterocycles. The average molecular weight is 280 g/mol. The standard InChI is InChI=1S/C18H20N2O/c1-19-12-15(13-8-4-3-5-9-13)18(21)14-10-6-7-11-16(14)20(2)17(18)19/h3-11,15,17,21H,12H2,1-2H3/t15-,17-,18+/m1/s1. The van der Waals surface area contributed by atoms with Gasteiger partial charge in [-0.1, -0.05) is 48.5 Å². The number of rotatable bonds is 1. The molecule has 108 valence electrons. The summed E-state index contributed by atoms with van der Waals surface area (Å²) in [4.78, 5) is 4.47. The van der Waals surface area contributed by atoms with Crippen molar-refractivity contribution < 1.29 is 5.11 Å². The molecular weight excluding hydrogens is 260 g/mol. The largest absolute Gasteiger partial charge is 0.381 e. The monoisotopic (exact) mass is 280 g/mol. The lowest BCUT2D eigenvalue weighted by Gasteiger charge is -2.33. The number of anilines is 1. The van der Waals surface area contributed by atoms with Crippen LogP contribution in [0.1, 0.15) is 17.0 Å². The van der Waals surface area contributed by atoms with E-state index in [0.717, 1.165) is 17.8 Å². The second-order valence-corrected chi connectivity index (χ2v) is 6.23. The van der Waals surface area contributed by atoms with Crippen molar-refractivity contribution >= 4 is 5.69 Å². The van der Waals surface area contributed by atoms with Crippen molar-refractivity contribution in [3.63, 3.8) is 0 Å². The normalized spacial score (nSPS) is 31.3. The molecule has 2 aromatic rings. The van der Waals surface area contributed by atoms with Gasteiger partial charge in [-0.15, -0.1) is 0 Å². The first-order chi connectivity index (χ1) is 10.1. The van der Waals surface area contributed by atoms with Crippen molar-refractivity contribution in [1.29, 1.82) is 0 Å². The highest BCUT2D eigenvalue weighted by Gasteiger charge is 2.60. The van der Waals surface area contributed by atoms with Crippen LogP contribution in [0.2, 0.25) is 0 Å². The van der Waals surface area contributed by atoms with E-state index in [0.29, 0.717) is 0 Å². The van der Waals surface area contributed by atoms with Crippen LogP contribution in [-0.4, -0.2) is 36.8 Å². The van der Waals surface area contributed by atoms with Gasteiger partial charge in [0.05, 0.1) is 0 Å². The van der Waals surface area contributed by atoms with Crippen LogP contribution in [0.3, 0.4) is 0 Å². The van der Waals surface area contributed by atoms with Gasteiger partial charge in [0.1, 0.15) is 11.8 Å². The Morgan fingerprint density at radius 3 is 2.43 bits per heavy atom. The topological polar surface area (TPSA) is 26.7 Å². The number of aliphatic hydroxyl groups is 1. The molecule has 0 unspecified atom stereocenters. The first kappa shape index (κ1) is 12.9. The van der Waals surface area contributed by atoms with E-state index in [1.54, 1.807) is 0 Å². The van der Waals surface area contributed by atoms with Gasteiger partial charge in [0, 0.05) is 30.8 Å². The van der Waals surface area contributed by atoms with Gasteiger partial charge < -0.3 is 10.0 Å². The first-order valence-electron chi connectivity index (χ1n) is 7.44. The lowest BCUT2D eigenvalue weighted by atomic mass is 9.80. The summed E-state index contributed by atoms with van der Waals surface area (Å²) in [5.41, 5.74) is 2.55. The summed E-state index contributed by atoms with van der Waals surface area (Å²) in [6.07, 6.45) is 0.0000983. The van der Waals surface area contributed by atoms with Crippen LogP contribution in [0.15, 0.2) is 54.6 Å². The number of fused-ring (bicyclic) bond motifs is 3. The number of likely N-dealkylation sites (tertiary alicyclic amines) is 1. The van der Waals surface area contributed by atoms with Gasteiger partial charge in [-0.3, -0.25) is 4.90 Å². The van der Waals surface area contributed by atoms with E-state index in [4.69, 9.17) is 0 Å². The summed E-state index contributed by atoms with van der Waals surface area (Å²) in [5.74, 6) is 0.0970. The van der Waals surface area contributed by atoms with Crippen molar-refractivity contribution in [3.8, 4) is 0 Å². The van der Waals surface area contributed by atoms with Crippen LogP contribution in [0.5, 0.6) is 0 Å². The van der Waals surface area contributed by atoms with E-state index < -0.39 is 5.60 Å². The number of likely N-dealkylation sites (N-methyl/N-ethyl adjacent to an activating group) is 2. The highest BCUT2D eigenvalue weighted by molar-refractivity contribution is 5.64. The molecule has 3 atom stereocenters. The van der Waals surface area contributed by atoms with Gasteiger partial charge >= 0.3 is 0 Å². The van der Waals surface area contributed by atoms with Crippen LogP contribution in [0.4, 0.5) is 5.69 Å². The van der Waals surface area contributed by atoms with Gasteiger partial charge in [0.2, 0.25) is 0 Å². The summed E-state index contributed by atoms with van der Waals surface area (Å²) in [6.45, 7) is 0.865. The Morgan fingerprint density at radius 1 is 1.00 bits per heavy atom. The second-order valence-electron chi connectivity index (χ2n) is 6.23. The lowest BCUT2D eigenvalue weighted by Crippen LogP contribution is -2.47. The molecule has 3 nitrogen and oxygen atoms in total. The van der Waals surface area contributed by atoms with Crippen molar-refractivity contribution in [2.75, 3.05) is 25.5 Å². The fourth-order valence-electron chi connectivity index (χ4n) is 4.26. The highest BCUT2D eigenvalue weighted by Crippen LogP contribution is 2.55. The summed E-state index contributed by atoms with van der Waals surface area (Å²) in [7, 11) is 4.17. The first-order valence-corrected chi connectivity index (χ1v) is 7.44. The molecule has 4 rings (SSSR count). The fourth-order valence-corrected chi connectivity index (χ4v) is 4.26. The Labute approximate surface area is 125 Å². The summed E-state index contributed by atoms with van der Waals surface area (Å²) in [5, 5.41) is 11.7. The zero-order valence-corrected chi connectivity index (χ0v) is 12.4. The minimum Gasteiger partial charge on any atom is -0.381 e. The Bertz CT molecular complexity index is 672. The van der Waals surface area contributed by atoms with Crippen LogP contribution in [0, 0.1) is 0 Å². The van der Waals surface area contributed by atoms with E-state index in [1.807, 2.05) is 18.2 Å². The molecule has 21 heavy (non-hydrogen) atoms. The smallest absolute Gasteiger partial charge is 0.133 e. The number of nitrogens with zero attached hydrogens (tertiary/aromatic N) is 2. The number of hydrogen-bond acceptors (Lipinski definition) is 3. The van der Waals surface area contributed by atoms with Gasteiger partial charge in [-0.05, 0) is 18.7 Å². The van der Waals surface area contributed by atoms with Crippen LogP contribution >= 0.6 is 0 Å². The number of benzene rings is 2. The summed E-state index contributed by atoms with van der Waals surface area (Å²) >= 11 is 0. The fraction of sp³-hybridized carbons (Fsp3) is 0.333. The maximum absolute atomic E-state index is 11.7. The van der Waals surface area contributed by atoms with E-state index >= 15 is 0 Å². The molecule has 0 amide bonds. The van der Waals surface area contributed by atoms with Crippen molar-refractivity contribution in [2.24, 2.45) is 0 Å². The van der Waals surface area contributed by atoms with Crippen LogP contribution in [-0.2, 0) is 5.60 Å². The predicted octanol–water partition coefficient (Wildman–Crippen LogP) is 2.38.